The van der Waals surface area contributed by atoms with Crippen molar-refractivity contribution in [2.45, 2.75) is 34.1 Å². The maximum Gasteiger partial charge on any atom is 0.223 e. The van der Waals surface area contributed by atoms with Crippen LogP contribution in [0.15, 0.2) is 122 Å². The summed E-state index contributed by atoms with van der Waals surface area (Å²) in [5.41, 5.74) is 22.8. The number of benzene rings is 2. The van der Waals surface area contributed by atoms with Gasteiger partial charge in [0.1, 0.15) is 22.6 Å². The van der Waals surface area contributed by atoms with Crippen molar-refractivity contribution in [3.63, 3.8) is 0 Å². The van der Waals surface area contributed by atoms with Crippen LogP contribution < -0.4 is 16.4 Å². The van der Waals surface area contributed by atoms with E-state index in [2.05, 4.69) is 40.1 Å². The summed E-state index contributed by atoms with van der Waals surface area (Å²) in [6.07, 6.45) is 4.27. The first kappa shape index (κ1) is 45.3. The highest BCUT2D eigenvalue weighted by Crippen LogP contribution is 2.37. The van der Waals surface area contributed by atoms with E-state index in [1.165, 1.54) is 28.8 Å². The topological polar surface area (TPSA) is 193 Å². The van der Waals surface area contributed by atoms with Crippen molar-refractivity contribution >= 4 is 40.6 Å². The van der Waals surface area contributed by atoms with Gasteiger partial charge in [0.15, 0.2) is 22.9 Å². The number of rotatable bonds is 9. The molecule has 0 saturated heterocycles. The second kappa shape index (κ2) is 19.0. The van der Waals surface area contributed by atoms with Gasteiger partial charge in [-0.2, -0.15) is 9.03 Å². The third-order valence-electron chi connectivity index (χ3n) is 10.4. The lowest BCUT2D eigenvalue weighted by molar-refractivity contribution is 0.627. The zero-order valence-electron chi connectivity index (χ0n) is 36.1. The number of anilines is 3. The summed E-state index contributed by atoms with van der Waals surface area (Å²) >= 11 is 6.02. The van der Waals surface area contributed by atoms with Gasteiger partial charge < -0.3 is 16.4 Å². The Balaban J connectivity index is 0.000000179. The quantitative estimate of drug-likeness (QED) is 0.130. The number of halogens is 3. The van der Waals surface area contributed by atoms with Gasteiger partial charge in [-0.15, -0.1) is 10.2 Å². The van der Waals surface area contributed by atoms with Gasteiger partial charge in [0.25, 0.3) is 0 Å². The predicted molar refractivity (Wildman–Crippen MR) is 257 cm³/mol. The summed E-state index contributed by atoms with van der Waals surface area (Å²) in [7, 11) is 3.89. The first-order valence-corrected chi connectivity index (χ1v) is 21.0. The fourth-order valence-electron chi connectivity index (χ4n) is 7.40. The van der Waals surface area contributed by atoms with Gasteiger partial charge in [0.2, 0.25) is 11.9 Å². The van der Waals surface area contributed by atoms with Crippen molar-refractivity contribution in [3.8, 4) is 44.8 Å². The second-order valence-electron chi connectivity index (χ2n) is 15.5. The molecule has 4 N–H and O–H groups in total. The van der Waals surface area contributed by atoms with Crippen molar-refractivity contribution in [1.29, 1.82) is 0 Å². The molecule has 0 unspecified atom stereocenters. The number of nitrogens with zero attached hydrogens (tertiary/aromatic N) is 13. The minimum atomic E-state index is -0.331. The number of pyridine rings is 4. The van der Waals surface area contributed by atoms with Crippen molar-refractivity contribution in [1.82, 2.24) is 59.1 Å². The molecule has 0 fully saturated rings. The Hall–Kier alpha value is -8.31. The number of nitrogen functional groups attached to an aromatic ring is 2. The highest BCUT2D eigenvalue weighted by atomic mass is 35.5. The summed E-state index contributed by atoms with van der Waals surface area (Å²) in [6, 6.07) is 31.2. The van der Waals surface area contributed by atoms with E-state index >= 15 is 0 Å². The number of hydrogen-bond acceptors (Lipinski definition) is 13. The molecule has 0 radical (unpaired) electrons. The van der Waals surface area contributed by atoms with Gasteiger partial charge in [-0.25, -0.2) is 38.7 Å². The highest BCUT2D eigenvalue weighted by molar-refractivity contribution is 6.29. The molecule has 18 heteroatoms. The lowest BCUT2D eigenvalue weighted by atomic mass is 10.0. The summed E-state index contributed by atoms with van der Waals surface area (Å²) in [5.74, 6) is 1.66. The van der Waals surface area contributed by atoms with E-state index in [4.69, 9.17) is 33.0 Å². The highest BCUT2D eigenvalue weighted by Gasteiger charge is 2.23. The molecule has 0 spiro atoms. The SMILES string of the molecule is C.Cc1cc(-c2c(-c3ccc(F)cc3)nc(N)n3nc(Cc4cccc(Cl)n4)nc23)ccn1.Cc1cc(-c2c(-c3ccc(F)cc3)nc(N)n3nc(Cc4cccc(N(C)C)n4)nc23)ccn1. The van der Waals surface area contributed by atoms with Crippen LogP contribution in [0, 0.1) is 25.5 Å². The molecule has 0 amide bonds. The van der Waals surface area contributed by atoms with Crippen molar-refractivity contribution in [2.75, 3.05) is 30.5 Å². The third-order valence-corrected chi connectivity index (χ3v) is 10.6. The number of nitrogens with two attached hydrogens (primary N) is 2. The number of aryl methyl sites for hydroxylation is 2. The molecule has 8 aromatic heterocycles. The Morgan fingerprint density at radius 2 is 1.00 bits per heavy atom. The summed E-state index contributed by atoms with van der Waals surface area (Å²) in [6.45, 7) is 3.82. The fourth-order valence-corrected chi connectivity index (χ4v) is 7.59. The third kappa shape index (κ3) is 9.72. The zero-order valence-corrected chi connectivity index (χ0v) is 36.8. The molecule has 0 aliphatic rings. The summed E-state index contributed by atoms with van der Waals surface area (Å²) in [5, 5.41) is 9.58. The smallest absolute Gasteiger partial charge is 0.223 e. The van der Waals surface area contributed by atoms with E-state index in [0.717, 1.165) is 56.4 Å². The van der Waals surface area contributed by atoms with E-state index in [-0.39, 0.29) is 31.0 Å². The minimum Gasteiger partial charge on any atom is -0.368 e. The van der Waals surface area contributed by atoms with E-state index in [1.807, 2.05) is 87.4 Å². The van der Waals surface area contributed by atoms with E-state index in [0.29, 0.717) is 57.9 Å². The Morgan fingerprint density at radius 1 is 0.552 bits per heavy atom. The van der Waals surface area contributed by atoms with Crippen LogP contribution in [0.3, 0.4) is 0 Å². The normalized spacial score (nSPS) is 11.0. The van der Waals surface area contributed by atoms with Crippen LogP contribution in [0.1, 0.15) is 41.9 Å². The molecule has 15 nitrogen and oxygen atoms in total. The molecule has 336 valence electrons. The van der Waals surface area contributed by atoms with Crippen LogP contribution in [0.2, 0.25) is 5.15 Å². The molecule has 8 heterocycles. The molecule has 0 aliphatic heterocycles. The molecule has 67 heavy (non-hydrogen) atoms. The molecule has 0 aliphatic carbocycles. The predicted octanol–water partition coefficient (Wildman–Crippen LogP) is 9.09. The van der Waals surface area contributed by atoms with Crippen LogP contribution in [0.5, 0.6) is 0 Å². The van der Waals surface area contributed by atoms with E-state index in [1.54, 1.807) is 47.2 Å². The average molecular weight is 916 g/mol. The molecule has 0 saturated carbocycles. The number of aromatic nitrogens is 12. The van der Waals surface area contributed by atoms with Crippen LogP contribution in [-0.4, -0.2) is 73.2 Å². The van der Waals surface area contributed by atoms with Crippen molar-refractivity contribution in [3.05, 3.63) is 173 Å². The lowest BCUT2D eigenvalue weighted by Crippen LogP contribution is -2.11. The maximum absolute atomic E-state index is 13.6. The fraction of sp³-hybridized carbons (Fsp3) is 0.143. The second-order valence-corrected chi connectivity index (χ2v) is 15.9. The first-order valence-electron chi connectivity index (χ1n) is 20.6. The Labute approximate surface area is 389 Å². The van der Waals surface area contributed by atoms with Gasteiger partial charge in [-0.3, -0.25) is 9.97 Å². The minimum absolute atomic E-state index is 0. The Morgan fingerprint density at radius 3 is 1.43 bits per heavy atom. The van der Waals surface area contributed by atoms with Gasteiger partial charge in [-0.05, 0) is 122 Å². The maximum atomic E-state index is 13.6. The van der Waals surface area contributed by atoms with Crippen molar-refractivity contribution in [2.24, 2.45) is 0 Å². The van der Waals surface area contributed by atoms with Gasteiger partial charge in [0.05, 0.1) is 41.1 Å². The molecule has 10 aromatic rings. The Bertz CT molecular complexity index is 3390. The molecule has 0 bridgehead atoms. The molecular weight excluding hydrogens is 872 g/mol. The molecule has 0 atom stereocenters. The zero-order chi connectivity index (χ0) is 46.1. The summed E-state index contributed by atoms with van der Waals surface area (Å²) in [4.78, 5) is 38.4. The number of hydrogen-bond donors (Lipinski definition) is 2. The monoisotopic (exact) mass is 915 g/mol. The van der Waals surface area contributed by atoms with Crippen LogP contribution in [-0.2, 0) is 12.8 Å². The molecule has 2 aromatic carbocycles. The van der Waals surface area contributed by atoms with Gasteiger partial charge >= 0.3 is 0 Å². The van der Waals surface area contributed by atoms with Crippen LogP contribution in [0.25, 0.3) is 56.1 Å². The van der Waals surface area contributed by atoms with Crippen molar-refractivity contribution < 1.29 is 8.78 Å². The number of fused-ring (bicyclic) bond motifs is 2. The molecule has 10 rings (SSSR count). The standard InChI is InChI=1S/C25H23FN8.C23H17ClFN7.CH4/c1-15-13-17(11-12-28-15)22-23(16-7-9-18(26)10-8-16)31-25(27)34-24(22)30-20(32-34)14-19-5-4-6-21(29-19)33(2)3;1-13-11-15(9-10-27-13)20-21(14-5-7-16(25)8-6-14)30-23(26)32-22(20)29-19(31-32)12-17-3-2-4-18(24)28-17;/h4-13H,14H2,1-3H3,(H2,27,31);2-11H,12H2,1H3,(H2,26,30);1H4. The van der Waals surface area contributed by atoms with E-state index in [9.17, 15) is 8.78 Å². The average Bonchev–Trinajstić information content (AvgIpc) is 3.92. The largest absolute Gasteiger partial charge is 0.368 e. The lowest BCUT2D eigenvalue weighted by Gasteiger charge is -2.12. The van der Waals surface area contributed by atoms with Crippen LogP contribution in [0.4, 0.5) is 26.5 Å². The summed E-state index contributed by atoms with van der Waals surface area (Å²) < 4.78 is 30.2. The molecular formula is C49H44ClF2N15. The van der Waals surface area contributed by atoms with Gasteiger partial charge in [0, 0.05) is 54.7 Å². The van der Waals surface area contributed by atoms with E-state index < -0.39 is 0 Å². The Kier molecular flexibility index (Phi) is 12.9. The first-order chi connectivity index (χ1) is 31.9. The van der Waals surface area contributed by atoms with Crippen LogP contribution >= 0.6 is 11.6 Å². The van der Waals surface area contributed by atoms with Gasteiger partial charge in [-0.1, -0.05) is 31.2 Å².